The van der Waals surface area contributed by atoms with Crippen molar-refractivity contribution in [3.05, 3.63) is 29.3 Å². The van der Waals surface area contributed by atoms with Crippen LogP contribution in [0.15, 0.2) is 18.2 Å². The fourth-order valence-electron chi connectivity index (χ4n) is 1.95. The molecule has 1 heteroatoms. The van der Waals surface area contributed by atoms with Crippen molar-refractivity contribution in [1.29, 1.82) is 0 Å². The highest BCUT2D eigenvalue weighted by atomic mass is 15.1. The first-order valence-corrected chi connectivity index (χ1v) is 5.02. The van der Waals surface area contributed by atoms with E-state index in [9.17, 15) is 0 Å². The van der Waals surface area contributed by atoms with Crippen LogP contribution in [0.2, 0.25) is 0 Å². The molecule has 72 valence electrons. The lowest BCUT2D eigenvalue weighted by molar-refractivity contribution is 0.954. The van der Waals surface area contributed by atoms with Crippen molar-refractivity contribution in [2.45, 2.75) is 19.3 Å². The van der Waals surface area contributed by atoms with Crippen LogP contribution in [0.1, 0.15) is 24.0 Å². The molecule has 0 radical (unpaired) electrons. The summed E-state index contributed by atoms with van der Waals surface area (Å²) in [7, 11) is 2.14. The predicted octanol–water partition coefficient (Wildman–Crippen LogP) is 2.42. The first-order valence-electron chi connectivity index (χ1n) is 5.02. The van der Waals surface area contributed by atoms with Crippen LogP contribution in [0, 0.1) is 12.3 Å². The molecule has 0 amide bonds. The van der Waals surface area contributed by atoms with Crippen LogP contribution in [0.5, 0.6) is 0 Å². The van der Waals surface area contributed by atoms with Gasteiger partial charge in [-0.3, -0.25) is 0 Å². The van der Waals surface area contributed by atoms with E-state index in [0.29, 0.717) is 0 Å². The molecule has 0 bridgehead atoms. The second-order valence-electron chi connectivity index (χ2n) is 3.95. The van der Waals surface area contributed by atoms with Crippen LogP contribution >= 0.6 is 0 Å². The second kappa shape index (κ2) is 3.38. The highest BCUT2D eigenvalue weighted by molar-refractivity contribution is 5.59. The lowest BCUT2D eigenvalue weighted by atomic mass is 9.99. The molecule has 1 heterocycles. The van der Waals surface area contributed by atoms with E-state index in [0.717, 1.165) is 13.0 Å². The Labute approximate surface area is 85.7 Å². The fraction of sp³-hybridized carbons (Fsp3) is 0.385. The Balaban J connectivity index is 2.38. The SMILES string of the molecule is C#CC(C)c1ccc2c(c1)CCN2C. The number of likely N-dealkylation sites (N-methyl/N-ethyl adjacent to an activating group) is 1. The number of anilines is 1. The highest BCUT2D eigenvalue weighted by Crippen LogP contribution is 2.29. The Hall–Kier alpha value is -1.42. The van der Waals surface area contributed by atoms with Crippen LogP contribution in [-0.4, -0.2) is 13.6 Å². The summed E-state index contributed by atoms with van der Waals surface area (Å²) in [6.07, 6.45) is 6.57. The second-order valence-corrected chi connectivity index (χ2v) is 3.95. The summed E-state index contributed by atoms with van der Waals surface area (Å²) in [5.74, 6) is 3.00. The van der Waals surface area contributed by atoms with Gasteiger partial charge in [0, 0.05) is 25.2 Å². The number of fused-ring (bicyclic) bond motifs is 1. The summed E-state index contributed by atoms with van der Waals surface area (Å²) in [5.41, 5.74) is 4.06. The third kappa shape index (κ3) is 1.37. The number of hydrogen-bond donors (Lipinski definition) is 0. The van der Waals surface area contributed by atoms with Crippen molar-refractivity contribution in [2.75, 3.05) is 18.5 Å². The molecule has 0 fully saturated rings. The number of hydrogen-bond acceptors (Lipinski definition) is 1. The van der Waals surface area contributed by atoms with Crippen LogP contribution in [-0.2, 0) is 6.42 Å². The van der Waals surface area contributed by atoms with Gasteiger partial charge in [-0.15, -0.1) is 6.42 Å². The average Bonchev–Trinajstić information content (AvgIpc) is 2.59. The minimum atomic E-state index is 0.228. The monoisotopic (exact) mass is 185 g/mol. The quantitative estimate of drug-likeness (QED) is 0.607. The van der Waals surface area contributed by atoms with Crippen LogP contribution in [0.4, 0.5) is 5.69 Å². The van der Waals surface area contributed by atoms with Gasteiger partial charge in [0.25, 0.3) is 0 Å². The maximum Gasteiger partial charge on any atom is 0.0421 e. The van der Waals surface area contributed by atoms with Gasteiger partial charge in [0.05, 0.1) is 0 Å². The van der Waals surface area contributed by atoms with Gasteiger partial charge in [-0.1, -0.05) is 18.1 Å². The summed E-state index contributed by atoms with van der Waals surface area (Å²) in [6, 6.07) is 6.58. The zero-order valence-electron chi connectivity index (χ0n) is 8.75. The van der Waals surface area contributed by atoms with Crippen molar-refractivity contribution in [3.8, 4) is 12.3 Å². The molecule has 14 heavy (non-hydrogen) atoms. The lowest BCUT2D eigenvalue weighted by Crippen LogP contribution is -2.12. The Morgan fingerprint density at radius 2 is 2.29 bits per heavy atom. The predicted molar refractivity (Wildman–Crippen MR) is 60.7 cm³/mol. The Morgan fingerprint density at radius 1 is 1.50 bits per heavy atom. The van der Waals surface area contributed by atoms with E-state index in [2.05, 4.69) is 43.0 Å². The summed E-state index contributed by atoms with van der Waals surface area (Å²) in [4.78, 5) is 2.29. The largest absolute Gasteiger partial charge is 0.374 e. The van der Waals surface area contributed by atoms with Gasteiger partial charge in [0.1, 0.15) is 0 Å². The van der Waals surface area contributed by atoms with E-state index in [1.807, 2.05) is 0 Å². The standard InChI is InChI=1S/C13H15N/c1-4-10(2)11-5-6-13-12(9-11)7-8-14(13)3/h1,5-6,9-10H,7-8H2,2-3H3. The molecule has 1 aliphatic rings. The topological polar surface area (TPSA) is 3.24 Å². The van der Waals surface area contributed by atoms with Gasteiger partial charge in [-0.2, -0.15) is 0 Å². The Kier molecular flexibility index (Phi) is 2.21. The van der Waals surface area contributed by atoms with Crippen molar-refractivity contribution in [3.63, 3.8) is 0 Å². The van der Waals surface area contributed by atoms with Crippen molar-refractivity contribution >= 4 is 5.69 Å². The third-order valence-electron chi connectivity index (χ3n) is 2.98. The number of benzene rings is 1. The molecule has 1 atom stereocenters. The zero-order valence-corrected chi connectivity index (χ0v) is 8.75. The molecular formula is C13H15N. The molecule has 0 spiro atoms. The molecule has 0 aromatic heterocycles. The van der Waals surface area contributed by atoms with Crippen LogP contribution in [0.3, 0.4) is 0 Å². The maximum atomic E-state index is 5.42. The molecule has 1 aromatic rings. The summed E-state index contributed by atoms with van der Waals surface area (Å²) < 4.78 is 0. The van der Waals surface area contributed by atoms with Gasteiger partial charge in [-0.25, -0.2) is 0 Å². The van der Waals surface area contributed by atoms with Gasteiger partial charge in [0.15, 0.2) is 0 Å². The van der Waals surface area contributed by atoms with Crippen molar-refractivity contribution in [1.82, 2.24) is 0 Å². The normalized spacial score (nSPS) is 16.2. The van der Waals surface area contributed by atoms with E-state index in [1.54, 1.807) is 0 Å². The molecule has 1 nitrogen and oxygen atoms in total. The molecule has 0 N–H and O–H groups in total. The maximum absolute atomic E-state index is 5.42. The Morgan fingerprint density at radius 3 is 3.00 bits per heavy atom. The number of nitrogens with zero attached hydrogens (tertiary/aromatic N) is 1. The summed E-state index contributed by atoms with van der Waals surface area (Å²) in [5, 5.41) is 0. The highest BCUT2D eigenvalue weighted by Gasteiger charge is 2.16. The molecule has 0 saturated carbocycles. The average molecular weight is 185 g/mol. The van der Waals surface area contributed by atoms with Gasteiger partial charge >= 0.3 is 0 Å². The van der Waals surface area contributed by atoms with E-state index in [-0.39, 0.29) is 5.92 Å². The molecule has 1 aliphatic heterocycles. The summed E-state index contributed by atoms with van der Waals surface area (Å²) >= 11 is 0. The molecular weight excluding hydrogens is 170 g/mol. The molecule has 1 aromatic carbocycles. The van der Waals surface area contributed by atoms with E-state index in [4.69, 9.17) is 6.42 Å². The third-order valence-corrected chi connectivity index (χ3v) is 2.98. The first kappa shape index (κ1) is 9.15. The fourth-order valence-corrected chi connectivity index (χ4v) is 1.95. The molecule has 2 rings (SSSR count). The van der Waals surface area contributed by atoms with Crippen molar-refractivity contribution in [2.24, 2.45) is 0 Å². The summed E-state index contributed by atoms with van der Waals surface area (Å²) in [6.45, 7) is 3.20. The van der Waals surface area contributed by atoms with E-state index in [1.165, 1.54) is 16.8 Å². The smallest absolute Gasteiger partial charge is 0.0421 e. The van der Waals surface area contributed by atoms with Crippen LogP contribution in [0.25, 0.3) is 0 Å². The number of terminal acetylenes is 1. The first-order chi connectivity index (χ1) is 6.72. The molecule has 0 saturated heterocycles. The van der Waals surface area contributed by atoms with E-state index < -0.39 is 0 Å². The van der Waals surface area contributed by atoms with Gasteiger partial charge in [-0.05, 0) is 30.5 Å². The van der Waals surface area contributed by atoms with Gasteiger partial charge in [0.2, 0.25) is 0 Å². The van der Waals surface area contributed by atoms with Crippen molar-refractivity contribution < 1.29 is 0 Å². The van der Waals surface area contributed by atoms with Gasteiger partial charge < -0.3 is 4.90 Å². The zero-order chi connectivity index (χ0) is 10.1. The molecule has 0 aliphatic carbocycles. The lowest BCUT2D eigenvalue weighted by Gasteiger charge is -2.12. The Bertz CT molecular complexity index is 387. The minimum Gasteiger partial charge on any atom is -0.374 e. The van der Waals surface area contributed by atoms with Crippen LogP contribution < -0.4 is 4.90 Å². The molecule has 1 unspecified atom stereocenters. The van der Waals surface area contributed by atoms with E-state index >= 15 is 0 Å². The minimum absolute atomic E-state index is 0.228. The number of rotatable bonds is 1.